The number of amides is 1. The number of carbonyl (C=O) groups excluding carboxylic acids is 1. The van der Waals surface area contributed by atoms with Crippen molar-refractivity contribution in [3.05, 3.63) is 53.2 Å². The van der Waals surface area contributed by atoms with Gasteiger partial charge in [0.05, 0.1) is 29.1 Å². The van der Waals surface area contributed by atoms with Crippen LogP contribution in [-0.4, -0.2) is 37.1 Å². The second kappa shape index (κ2) is 8.18. The predicted molar refractivity (Wildman–Crippen MR) is 114 cm³/mol. The maximum atomic E-state index is 14.5. The van der Waals surface area contributed by atoms with Crippen LogP contribution in [0.25, 0.3) is 22.4 Å². The summed E-state index contributed by atoms with van der Waals surface area (Å²) in [5.41, 5.74) is -3.00. The summed E-state index contributed by atoms with van der Waals surface area (Å²) in [6.45, 7) is 2.29. The van der Waals surface area contributed by atoms with E-state index in [1.807, 2.05) is 0 Å². The lowest BCUT2D eigenvalue weighted by Crippen LogP contribution is -2.31. The first-order valence-electron chi connectivity index (χ1n) is 10.2. The van der Waals surface area contributed by atoms with Crippen LogP contribution in [0.2, 0.25) is 5.02 Å². The van der Waals surface area contributed by atoms with Crippen LogP contribution in [0, 0.1) is 5.82 Å². The molecule has 3 aromatic rings. The van der Waals surface area contributed by atoms with Crippen LogP contribution in [0.1, 0.15) is 32.4 Å². The monoisotopic (exact) mass is 484 g/mol. The van der Waals surface area contributed by atoms with Gasteiger partial charge in [0.25, 0.3) is 0 Å². The van der Waals surface area contributed by atoms with Crippen molar-refractivity contribution in [1.82, 2.24) is 19.7 Å². The maximum Gasteiger partial charge on any atom is 0.433 e. The van der Waals surface area contributed by atoms with Crippen LogP contribution in [0.4, 0.5) is 22.4 Å². The van der Waals surface area contributed by atoms with Crippen molar-refractivity contribution in [2.24, 2.45) is 0 Å². The van der Waals surface area contributed by atoms with Gasteiger partial charge >= 0.3 is 12.2 Å². The van der Waals surface area contributed by atoms with Crippen LogP contribution in [0.5, 0.6) is 0 Å². The van der Waals surface area contributed by atoms with Gasteiger partial charge in [-0.3, -0.25) is 9.25 Å². The number of alkyl halides is 3. The topological polar surface area (TPSA) is 72.1 Å². The van der Waals surface area contributed by atoms with E-state index >= 15 is 0 Å². The molecule has 1 saturated carbocycles. The number of hydrogen-bond donors (Lipinski definition) is 2. The number of carbonyl (C=O) groups is 1. The first-order chi connectivity index (χ1) is 15.3. The molecule has 2 aromatic heterocycles. The summed E-state index contributed by atoms with van der Waals surface area (Å²) in [5.74, 6) is -0.678. The molecular weight excluding hydrogens is 464 g/mol. The van der Waals surface area contributed by atoms with E-state index in [0.29, 0.717) is 4.68 Å². The van der Waals surface area contributed by atoms with Crippen LogP contribution < -0.4 is 5.32 Å². The van der Waals surface area contributed by atoms with Gasteiger partial charge in [-0.25, -0.2) is 9.18 Å². The summed E-state index contributed by atoms with van der Waals surface area (Å²) in [6, 6.07) is 4.59. The van der Waals surface area contributed by atoms with Crippen molar-refractivity contribution < 1.29 is 27.5 Å². The Balaban J connectivity index is 1.91. The maximum absolute atomic E-state index is 14.5. The molecule has 33 heavy (non-hydrogen) atoms. The van der Waals surface area contributed by atoms with Gasteiger partial charge in [0.1, 0.15) is 5.82 Å². The zero-order valence-electron chi connectivity index (χ0n) is 17.7. The van der Waals surface area contributed by atoms with Gasteiger partial charge in [-0.05, 0) is 44.9 Å². The Morgan fingerprint density at radius 2 is 2.00 bits per heavy atom. The third-order valence-electron chi connectivity index (χ3n) is 5.12. The van der Waals surface area contributed by atoms with E-state index < -0.39 is 35.9 Å². The minimum atomic E-state index is -4.84. The number of rotatable bonds is 5. The Morgan fingerprint density at radius 1 is 1.30 bits per heavy atom. The minimum Gasteiger partial charge on any atom is -0.389 e. The van der Waals surface area contributed by atoms with Gasteiger partial charge < -0.3 is 10.4 Å². The van der Waals surface area contributed by atoms with Gasteiger partial charge in [0.2, 0.25) is 0 Å². The summed E-state index contributed by atoms with van der Waals surface area (Å²) in [5, 5.41) is 16.7. The summed E-state index contributed by atoms with van der Waals surface area (Å²) in [4.78, 5) is 12.9. The molecule has 11 heteroatoms. The molecule has 0 atom stereocenters. The molecule has 2 N–H and O–H groups in total. The number of aliphatic hydroxyl groups is 1. The number of nitrogens with one attached hydrogen (secondary N) is 1. The molecule has 2 heterocycles. The molecule has 0 spiro atoms. The molecular formula is C22H21ClF4N4O2. The molecule has 0 radical (unpaired) electrons. The normalized spacial score (nSPS) is 14.5. The van der Waals surface area contributed by atoms with Crippen molar-refractivity contribution in [1.29, 1.82) is 0 Å². The van der Waals surface area contributed by atoms with Crippen LogP contribution >= 0.6 is 11.6 Å². The SMILES string of the molecule is CC(C)(O)Cn1ncc(-c2cc(-c3c(F)cccc3Cl)cn2C(=O)NC2CC2)c1C(F)(F)F. The zero-order valence-corrected chi connectivity index (χ0v) is 18.5. The Bertz CT molecular complexity index is 1190. The van der Waals surface area contributed by atoms with Crippen LogP contribution in [0.15, 0.2) is 36.7 Å². The Kier molecular flexibility index (Phi) is 5.78. The molecule has 6 nitrogen and oxygen atoms in total. The van der Waals surface area contributed by atoms with Gasteiger partial charge in [0, 0.05) is 28.9 Å². The smallest absolute Gasteiger partial charge is 0.389 e. The van der Waals surface area contributed by atoms with Crippen molar-refractivity contribution in [2.75, 3.05) is 0 Å². The first kappa shape index (κ1) is 23.3. The molecule has 1 aliphatic carbocycles. The van der Waals surface area contributed by atoms with Crippen molar-refractivity contribution in [3.8, 4) is 22.4 Å². The second-order valence-corrected chi connectivity index (χ2v) is 9.09. The van der Waals surface area contributed by atoms with Gasteiger partial charge in [-0.15, -0.1) is 0 Å². The lowest BCUT2D eigenvalue weighted by molar-refractivity contribution is -0.144. The average molecular weight is 485 g/mol. The van der Waals surface area contributed by atoms with Gasteiger partial charge in [-0.2, -0.15) is 18.3 Å². The molecule has 1 fully saturated rings. The number of hydrogen-bond acceptors (Lipinski definition) is 3. The third kappa shape index (κ3) is 4.91. The fourth-order valence-corrected chi connectivity index (χ4v) is 3.85. The first-order valence-corrected chi connectivity index (χ1v) is 10.6. The Hall–Kier alpha value is -2.85. The van der Waals surface area contributed by atoms with Crippen molar-refractivity contribution >= 4 is 17.6 Å². The summed E-state index contributed by atoms with van der Waals surface area (Å²) in [7, 11) is 0. The van der Waals surface area contributed by atoms with E-state index in [0.717, 1.165) is 23.6 Å². The van der Waals surface area contributed by atoms with Crippen molar-refractivity contribution in [2.45, 2.75) is 51.1 Å². The van der Waals surface area contributed by atoms with Crippen LogP contribution in [0.3, 0.4) is 0 Å². The van der Waals surface area contributed by atoms with E-state index in [2.05, 4.69) is 10.4 Å². The fourth-order valence-electron chi connectivity index (χ4n) is 3.58. The van der Waals surface area contributed by atoms with Gasteiger partial charge in [-0.1, -0.05) is 17.7 Å². The minimum absolute atomic E-state index is 0.0316. The quantitative estimate of drug-likeness (QED) is 0.481. The number of nitrogens with zero attached hydrogens (tertiary/aromatic N) is 3. The molecule has 1 aliphatic rings. The molecule has 0 unspecified atom stereocenters. The highest BCUT2D eigenvalue weighted by Gasteiger charge is 2.40. The highest BCUT2D eigenvalue weighted by Crippen LogP contribution is 2.40. The van der Waals surface area contributed by atoms with E-state index in [9.17, 15) is 27.5 Å². The van der Waals surface area contributed by atoms with E-state index in [-0.39, 0.29) is 33.4 Å². The molecule has 176 valence electrons. The molecule has 1 amide bonds. The highest BCUT2D eigenvalue weighted by atomic mass is 35.5. The fraction of sp³-hybridized carbons (Fsp3) is 0.364. The zero-order chi connectivity index (χ0) is 24.1. The Labute approximate surface area is 191 Å². The standard InChI is InChI=1S/C22H21ClF4N4O2/c1-21(2,33)11-31-19(22(25,26)27)14(9-28-31)17-8-12(18-15(23)4-3-5-16(18)24)10-30(17)20(32)29-13-6-7-13/h3-5,8-10,13,33H,6-7,11H2,1-2H3,(H,29,32). The number of benzene rings is 1. The largest absolute Gasteiger partial charge is 0.433 e. The van der Waals surface area contributed by atoms with E-state index in [4.69, 9.17) is 11.6 Å². The average Bonchev–Trinajstić information content (AvgIpc) is 3.21. The highest BCUT2D eigenvalue weighted by molar-refractivity contribution is 6.33. The second-order valence-electron chi connectivity index (χ2n) is 8.68. The molecule has 0 saturated heterocycles. The van der Waals surface area contributed by atoms with E-state index in [1.54, 1.807) is 0 Å². The Morgan fingerprint density at radius 3 is 2.58 bits per heavy atom. The predicted octanol–water partition coefficient (Wildman–Crippen LogP) is 5.32. The summed E-state index contributed by atoms with van der Waals surface area (Å²) >= 11 is 6.15. The van der Waals surface area contributed by atoms with E-state index in [1.165, 1.54) is 44.3 Å². The molecule has 0 aliphatic heterocycles. The summed E-state index contributed by atoms with van der Waals surface area (Å²) < 4.78 is 58.4. The third-order valence-corrected chi connectivity index (χ3v) is 5.43. The molecule has 0 bridgehead atoms. The van der Waals surface area contributed by atoms with Crippen molar-refractivity contribution in [3.63, 3.8) is 0 Å². The number of halogens is 5. The lowest BCUT2D eigenvalue weighted by Gasteiger charge is -2.20. The van der Waals surface area contributed by atoms with Crippen LogP contribution in [-0.2, 0) is 12.7 Å². The summed E-state index contributed by atoms with van der Waals surface area (Å²) in [6.07, 6.45) is -1.06. The lowest BCUT2D eigenvalue weighted by atomic mass is 10.1. The molecule has 4 rings (SSSR count). The number of aromatic nitrogens is 3. The van der Waals surface area contributed by atoms with Gasteiger partial charge in [0.15, 0.2) is 5.69 Å². The molecule has 1 aromatic carbocycles.